The summed E-state index contributed by atoms with van der Waals surface area (Å²) < 4.78 is 5.30. The summed E-state index contributed by atoms with van der Waals surface area (Å²) in [5, 5.41) is 8.78. The summed E-state index contributed by atoms with van der Waals surface area (Å²) in [5.41, 5.74) is 0. The van der Waals surface area contributed by atoms with E-state index in [4.69, 9.17) is 9.52 Å². The van der Waals surface area contributed by atoms with Crippen molar-refractivity contribution in [1.82, 2.24) is 4.90 Å². The molecule has 90 valence electrons. The number of hydrogen-bond acceptors (Lipinski definition) is 3. The Kier molecular flexibility index (Phi) is 4.12. The van der Waals surface area contributed by atoms with Crippen molar-refractivity contribution in [1.29, 1.82) is 0 Å². The zero-order valence-electron chi connectivity index (χ0n) is 10.2. The number of carboxylic acids is 1. The van der Waals surface area contributed by atoms with Gasteiger partial charge in [-0.1, -0.05) is 6.92 Å². The Morgan fingerprint density at radius 3 is 2.44 bits per heavy atom. The van der Waals surface area contributed by atoms with Crippen LogP contribution in [0, 0.1) is 0 Å². The highest BCUT2D eigenvalue weighted by Crippen LogP contribution is 2.24. The molecule has 0 aliphatic heterocycles. The van der Waals surface area contributed by atoms with Gasteiger partial charge in [0.15, 0.2) is 0 Å². The van der Waals surface area contributed by atoms with Crippen LogP contribution in [0.25, 0.3) is 0 Å². The molecule has 4 heteroatoms. The second-order valence-electron chi connectivity index (χ2n) is 4.11. The number of carbonyl (C=O) groups is 1. The van der Waals surface area contributed by atoms with Crippen molar-refractivity contribution in [3.05, 3.63) is 23.7 Å². The summed E-state index contributed by atoms with van der Waals surface area (Å²) in [7, 11) is 0. The Hall–Kier alpha value is -1.29. The quantitative estimate of drug-likeness (QED) is 0.837. The highest BCUT2D eigenvalue weighted by Gasteiger charge is 2.21. The van der Waals surface area contributed by atoms with Gasteiger partial charge in [-0.25, -0.2) is 4.79 Å². The molecule has 0 saturated carbocycles. The van der Waals surface area contributed by atoms with E-state index >= 15 is 0 Å². The molecule has 1 aromatic rings. The molecule has 1 aromatic heterocycles. The number of nitrogens with zero attached hydrogens (tertiary/aromatic N) is 1. The molecule has 0 aliphatic rings. The van der Waals surface area contributed by atoms with Crippen molar-refractivity contribution in [2.45, 2.75) is 39.8 Å². The Balaban J connectivity index is 2.86. The standard InChI is InChI=1S/C12H19NO3/c1-5-13(8(2)3)9(4)10-6-7-11(16-10)12(14)15/h6-9H,5H2,1-4H3,(H,14,15). The van der Waals surface area contributed by atoms with Crippen molar-refractivity contribution in [2.75, 3.05) is 6.54 Å². The van der Waals surface area contributed by atoms with E-state index in [-0.39, 0.29) is 11.8 Å². The minimum Gasteiger partial charge on any atom is -0.475 e. The Morgan fingerprint density at radius 2 is 2.06 bits per heavy atom. The molecular weight excluding hydrogens is 206 g/mol. The third-order valence-electron chi connectivity index (χ3n) is 2.78. The number of hydrogen-bond donors (Lipinski definition) is 1. The molecule has 0 aliphatic carbocycles. The lowest BCUT2D eigenvalue weighted by atomic mass is 10.2. The first-order valence-corrected chi connectivity index (χ1v) is 5.56. The number of carboxylic acid groups (broad SMARTS) is 1. The van der Waals surface area contributed by atoms with E-state index in [9.17, 15) is 4.79 Å². The van der Waals surface area contributed by atoms with Gasteiger partial charge in [-0.15, -0.1) is 0 Å². The van der Waals surface area contributed by atoms with Gasteiger partial charge in [-0.3, -0.25) is 4.90 Å². The van der Waals surface area contributed by atoms with Gasteiger partial charge in [0, 0.05) is 6.04 Å². The van der Waals surface area contributed by atoms with Crippen LogP contribution >= 0.6 is 0 Å². The second kappa shape index (κ2) is 5.16. The molecule has 1 N–H and O–H groups in total. The van der Waals surface area contributed by atoms with E-state index in [1.54, 1.807) is 6.07 Å². The highest BCUT2D eigenvalue weighted by molar-refractivity contribution is 5.84. The lowest BCUT2D eigenvalue weighted by molar-refractivity contribution is 0.0654. The Bertz CT molecular complexity index is 357. The van der Waals surface area contributed by atoms with Crippen molar-refractivity contribution in [2.24, 2.45) is 0 Å². The van der Waals surface area contributed by atoms with Crippen LogP contribution in [-0.2, 0) is 0 Å². The highest BCUT2D eigenvalue weighted by atomic mass is 16.4. The SMILES string of the molecule is CCN(C(C)C)C(C)c1ccc(C(=O)O)o1. The van der Waals surface area contributed by atoms with E-state index in [2.05, 4.69) is 25.7 Å². The van der Waals surface area contributed by atoms with Crippen LogP contribution in [0.15, 0.2) is 16.5 Å². The summed E-state index contributed by atoms with van der Waals surface area (Å²) in [4.78, 5) is 12.9. The van der Waals surface area contributed by atoms with Crippen molar-refractivity contribution >= 4 is 5.97 Å². The van der Waals surface area contributed by atoms with Gasteiger partial charge in [0.25, 0.3) is 0 Å². The lowest BCUT2D eigenvalue weighted by Crippen LogP contribution is -2.33. The van der Waals surface area contributed by atoms with Gasteiger partial charge >= 0.3 is 5.97 Å². The third-order valence-corrected chi connectivity index (χ3v) is 2.78. The Labute approximate surface area is 95.9 Å². The first-order valence-electron chi connectivity index (χ1n) is 5.56. The first-order chi connectivity index (χ1) is 7.47. The van der Waals surface area contributed by atoms with E-state index in [0.717, 1.165) is 6.54 Å². The number of aromatic carboxylic acids is 1. The molecule has 1 unspecified atom stereocenters. The third kappa shape index (κ3) is 2.64. The summed E-state index contributed by atoms with van der Waals surface area (Å²) in [6.07, 6.45) is 0. The minimum absolute atomic E-state index is 0.00154. The molecule has 0 amide bonds. The molecule has 16 heavy (non-hydrogen) atoms. The maximum absolute atomic E-state index is 10.7. The van der Waals surface area contributed by atoms with E-state index in [1.807, 2.05) is 6.92 Å². The average Bonchev–Trinajstić information content (AvgIpc) is 2.66. The van der Waals surface area contributed by atoms with Crippen LogP contribution in [0.2, 0.25) is 0 Å². The molecule has 4 nitrogen and oxygen atoms in total. The summed E-state index contributed by atoms with van der Waals surface area (Å²) in [6.45, 7) is 9.23. The van der Waals surface area contributed by atoms with Crippen molar-refractivity contribution in [3.63, 3.8) is 0 Å². The Morgan fingerprint density at radius 1 is 1.44 bits per heavy atom. The monoisotopic (exact) mass is 225 g/mol. The molecule has 1 heterocycles. The molecule has 0 aromatic carbocycles. The molecule has 1 atom stereocenters. The topological polar surface area (TPSA) is 53.7 Å². The van der Waals surface area contributed by atoms with Crippen LogP contribution in [0.1, 0.15) is 50.1 Å². The van der Waals surface area contributed by atoms with Gasteiger partial charge in [0.2, 0.25) is 5.76 Å². The van der Waals surface area contributed by atoms with E-state index in [1.165, 1.54) is 6.07 Å². The average molecular weight is 225 g/mol. The molecular formula is C12H19NO3. The molecule has 0 spiro atoms. The molecule has 0 saturated heterocycles. The fourth-order valence-corrected chi connectivity index (χ4v) is 1.94. The lowest BCUT2D eigenvalue weighted by Gasteiger charge is -2.30. The first kappa shape index (κ1) is 12.8. The maximum atomic E-state index is 10.7. The summed E-state index contributed by atoms with van der Waals surface area (Å²) in [5.74, 6) is -0.319. The smallest absolute Gasteiger partial charge is 0.371 e. The molecule has 1 rings (SSSR count). The largest absolute Gasteiger partial charge is 0.475 e. The summed E-state index contributed by atoms with van der Waals surface area (Å²) >= 11 is 0. The van der Waals surface area contributed by atoms with Gasteiger partial charge in [0.05, 0.1) is 6.04 Å². The molecule has 0 bridgehead atoms. The van der Waals surface area contributed by atoms with Gasteiger partial charge < -0.3 is 9.52 Å². The van der Waals surface area contributed by atoms with Gasteiger partial charge in [-0.05, 0) is 39.4 Å². The van der Waals surface area contributed by atoms with Gasteiger partial charge in [0.1, 0.15) is 5.76 Å². The van der Waals surface area contributed by atoms with Crippen molar-refractivity contribution in [3.8, 4) is 0 Å². The van der Waals surface area contributed by atoms with Crippen LogP contribution in [0.3, 0.4) is 0 Å². The van der Waals surface area contributed by atoms with Gasteiger partial charge in [-0.2, -0.15) is 0 Å². The fourth-order valence-electron chi connectivity index (χ4n) is 1.94. The summed E-state index contributed by atoms with van der Waals surface area (Å²) in [6, 6.07) is 3.73. The van der Waals surface area contributed by atoms with E-state index in [0.29, 0.717) is 11.8 Å². The zero-order chi connectivity index (χ0) is 12.3. The minimum atomic E-state index is -1.02. The molecule has 0 radical (unpaired) electrons. The van der Waals surface area contributed by atoms with Crippen LogP contribution in [0.4, 0.5) is 0 Å². The number of rotatable bonds is 5. The van der Waals surface area contributed by atoms with Crippen LogP contribution < -0.4 is 0 Å². The fraction of sp³-hybridized carbons (Fsp3) is 0.583. The van der Waals surface area contributed by atoms with E-state index < -0.39 is 5.97 Å². The normalized spacial score (nSPS) is 13.4. The second-order valence-corrected chi connectivity index (χ2v) is 4.11. The number of furan rings is 1. The predicted octanol–water partition coefficient (Wildman–Crippen LogP) is 2.77. The molecule has 0 fully saturated rings. The predicted molar refractivity (Wildman–Crippen MR) is 61.6 cm³/mol. The zero-order valence-corrected chi connectivity index (χ0v) is 10.2. The maximum Gasteiger partial charge on any atom is 0.371 e. The van der Waals surface area contributed by atoms with Crippen LogP contribution in [-0.4, -0.2) is 28.6 Å². The van der Waals surface area contributed by atoms with Crippen LogP contribution in [0.5, 0.6) is 0 Å². The van der Waals surface area contributed by atoms with Crippen molar-refractivity contribution < 1.29 is 14.3 Å².